The Morgan fingerprint density at radius 1 is 1.59 bits per heavy atom. The summed E-state index contributed by atoms with van der Waals surface area (Å²) in [6, 6.07) is 0. The van der Waals surface area contributed by atoms with Gasteiger partial charge in [-0.1, -0.05) is 0 Å². The van der Waals surface area contributed by atoms with Gasteiger partial charge in [-0.15, -0.1) is 0 Å². The number of aromatic hydroxyl groups is 1. The van der Waals surface area contributed by atoms with Gasteiger partial charge in [-0.2, -0.15) is 0 Å². The summed E-state index contributed by atoms with van der Waals surface area (Å²) in [6.45, 7) is 1.60. The van der Waals surface area contributed by atoms with Crippen LogP contribution in [-0.4, -0.2) is 29.8 Å². The standard InChI is InChI=1S/C10H11F2NO4/c1-3-17-10(15)6-5(14)4-13-7(9(11)12)8(6)16-2/h4,9,14H,3H2,1-2H3. The van der Waals surface area contributed by atoms with Crippen LogP contribution in [0.1, 0.15) is 29.4 Å². The Morgan fingerprint density at radius 2 is 2.24 bits per heavy atom. The van der Waals surface area contributed by atoms with Gasteiger partial charge in [0.05, 0.1) is 19.9 Å². The van der Waals surface area contributed by atoms with Crippen molar-refractivity contribution in [1.29, 1.82) is 0 Å². The average molecular weight is 247 g/mol. The number of rotatable bonds is 4. The lowest BCUT2D eigenvalue weighted by Gasteiger charge is -2.12. The monoisotopic (exact) mass is 247 g/mol. The number of aromatic nitrogens is 1. The van der Waals surface area contributed by atoms with E-state index in [1.807, 2.05) is 0 Å². The fraction of sp³-hybridized carbons (Fsp3) is 0.400. The van der Waals surface area contributed by atoms with E-state index in [-0.39, 0.29) is 6.61 Å². The lowest BCUT2D eigenvalue weighted by molar-refractivity contribution is 0.0517. The molecular weight excluding hydrogens is 236 g/mol. The van der Waals surface area contributed by atoms with Crippen LogP contribution in [0.25, 0.3) is 0 Å². The SMILES string of the molecule is CCOC(=O)c1c(O)cnc(C(F)F)c1OC. The van der Waals surface area contributed by atoms with Crippen LogP contribution < -0.4 is 4.74 Å². The van der Waals surface area contributed by atoms with Gasteiger partial charge in [0.15, 0.2) is 11.5 Å². The van der Waals surface area contributed by atoms with Crippen LogP contribution in [-0.2, 0) is 4.74 Å². The van der Waals surface area contributed by atoms with E-state index < -0.39 is 35.2 Å². The van der Waals surface area contributed by atoms with Crippen LogP contribution in [0.3, 0.4) is 0 Å². The lowest BCUT2D eigenvalue weighted by Crippen LogP contribution is -2.10. The zero-order valence-corrected chi connectivity index (χ0v) is 9.24. The Labute approximate surface area is 96.0 Å². The van der Waals surface area contributed by atoms with Crippen LogP contribution in [0.2, 0.25) is 0 Å². The molecule has 0 aliphatic heterocycles. The minimum atomic E-state index is -2.92. The number of carbonyl (C=O) groups is 1. The molecule has 1 N–H and O–H groups in total. The van der Waals surface area contributed by atoms with E-state index in [1.165, 1.54) is 0 Å². The molecule has 1 aromatic heterocycles. The first kappa shape index (κ1) is 13.1. The maximum absolute atomic E-state index is 12.6. The number of hydrogen-bond donors (Lipinski definition) is 1. The van der Waals surface area contributed by atoms with Gasteiger partial charge in [0.1, 0.15) is 11.3 Å². The zero-order valence-electron chi connectivity index (χ0n) is 9.24. The quantitative estimate of drug-likeness (QED) is 0.823. The third kappa shape index (κ3) is 2.61. The predicted molar refractivity (Wildman–Crippen MR) is 53.4 cm³/mol. The summed E-state index contributed by atoms with van der Waals surface area (Å²) < 4.78 is 34.5. The van der Waals surface area contributed by atoms with Crippen LogP contribution >= 0.6 is 0 Å². The highest BCUT2D eigenvalue weighted by Gasteiger charge is 2.26. The third-order valence-electron chi connectivity index (χ3n) is 1.93. The second-order valence-corrected chi connectivity index (χ2v) is 2.96. The molecule has 0 saturated carbocycles. The lowest BCUT2D eigenvalue weighted by atomic mass is 10.2. The van der Waals surface area contributed by atoms with E-state index >= 15 is 0 Å². The first-order valence-corrected chi connectivity index (χ1v) is 4.74. The molecule has 0 unspecified atom stereocenters. The van der Waals surface area contributed by atoms with E-state index in [0.29, 0.717) is 0 Å². The largest absolute Gasteiger partial charge is 0.505 e. The maximum atomic E-state index is 12.6. The molecule has 17 heavy (non-hydrogen) atoms. The van der Waals surface area contributed by atoms with Crippen LogP contribution in [0.15, 0.2) is 6.20 Å². The molecule has 0 amide bonds. The van der Waals surface area contributed by atoms with Crippen molar-refractivity contribution in [2.24, 2.45) is 0 Å². The molecule has 1 aromatic rings. The Bertz CT molecular complexity index is 423. The smallest absolute Gasteiger partial charge is 0.345 e. The van der Waals surface area contributed by atoms with Crippen LogP contribution in [0.5, 0.6) is 11.5 Å². The van der Waals surface area contributed by atoms with Gasteiger partial charge in [0.2, 0.25) is 0 Å². The number of hydrogen-bond acceptors (Lipinski definition) is 5. The summed E-state index contributed by atoms with van der Waals surface area (Å²) in [7, 11) is 1.10. The topological polar surface area (TPSA) is 68.7 Å². The van der Waals surface area contributed by atoms with Crippen molar-refractivity contribution in [3.05, 3.63) is 17.5 Å². The van der Waals surface area contributed by atoms with Crippen molar-refractivity contribution in [3.8, 4) is 11.5 Å². The van der Waals surface area contributed by atoms with Crippen molar-refractivity contribution >= 4 is 5.97 Å². The van der Waals surface area contributed by atoms with E-state index in [1.54, 1.807) is 6.92 Å². The van der Waals surface area contributed by atoms with Crippen molar-refractivity contribution in [2.45, 2.75) is 13.3 Å². The number of methoxy groups -OCH3 is 1. The van der Waals surface area contributed by atoms with Gasteiger partial charge >= 0.3 is 5.97 Å². The summed E-state index contributed by atoms with van der Waals surface area (Å²) >= 11 is 0. The summed E-state index contributed by atoms with van der Waals surface area (Å²) in [6.07, 6.45) is -2.16. The Balaban J connectivity index is 3.35. The molecule has 0 saturated heterocycles. The van der Waals surface area contributed by atoms with Crippen molar-refractivity contribution in [2.75, 3.05) is 13.7 Å². The molecule has 0 spiro atoms. The Hall–Kier alpha value is -1.92. The molecule has 0 fully saturated rings. The highest BCUT2D eigenvalue weighted by molar-refractivity contribution is 5.95. The molecule has 0 bridgehead atoms. The molecule has 0 aromatic carbocycles. The fourth-order valence-corrected chi connectivity index (χ4v) is 1.26. The fourth-order valence-electron chi connectivity index (χ4n) is 1.26. The van der Waals surface area contributed by atoms with Gasteiger partial charge in [0, 0.05) is 0 Å². The molecule has 0 aliphatic rings. The van der Waals surface area contributed by atoms with Gasteiger partial charge in [-0.3, -0.25) is 0 Å². The van der Waals surface area contributed by atoms with E-state index in [4.69, 9.17) is 0 Å². The second-order valence-electron chi connectivity index (χ2n) is 2.96. The zero-order chi connectivity index (χ0) is 13.0. The van der Waals surface area contributed by atoms with Gasteiger partial charge in [-0.05, 0) is 6.92 Å². The minimum Gasteiger partial charge on any atom is -0.505 e. The predicted octanol–water partition coefficient (Wildman–Crippen LogP) is 1.91. The Kier molecular flexibility index (Phi) is 4.19. The van der Waals surface area contributed by atoms with Crippen LogP contribution in [0.4, 0.5) is 8.78 Å². The summed E-state index contributed by atoms with van der Waals surface area (Å²) in [5, 5.41) is 9.44. The second kappa shape index (κ2) is 5.42. The van der Waals surface area contributed by atoms with Crippen molar-refractivity contribution < 1.29 is 28.2 Å². The number of halogens is 2. The molecule has 5 nitrogen and oxygen atoms in total. The van der Waals surface area contributed by atoms with E-state index in [9.17, 15) is 18.7 Å². The normalized spacial score (nSPS) is 10.4. The van der Waals surface area contributed by atoms with Gasteiger partial charge in [0.25, 0.3) is 6.43 Å². The first-order chi connectivity index (χ1) is 8.02. The maximum Gasteiger partial charge on any atom is 0.345 e. The highest BCUT2D eigenvalue weighted by Crippen LogP contribution is 2.35. The van der Waals surface area contributed by atoms with Gasteiger partial charge in [-0.25, -0.2) is 18.6 Å². The summed E-state index contributed by atoms with van der Waals surface area (Å²) in [4.78, 5) is 14.8. The van der Waals surface area contributed by atoms with Gasteiger partial charge < -0.3 is 14.6 Å². The summed E-state index contributed by atoms with van der Waals surface area (Å²) in [5.41, 5.74) is -1.16. The van der Waals surface area contributed by atoms with Crippen molar-refractivity contribution in [3.63, 3.8) is 0 Å². The molecule has 94 valence electrons. The third-order valence-corrected chi connectivity index (χ3v) is 1.93. The molecule has 0 radical (unpaired) electrons. The van der Waals surface area contributed by atoms with E-state index in [2.05, 4.69) is 14.5 Å². The molecule has 1 heterocycles. The molecule has 7 heteroatoms. The van der Waals surface area contributed by atoms with Crippen molar-refractivity contribution in [1.82, 2.24) is 4.98 Å². The highest BCUT2D eigenvalue weighted by atomic mass is 19.3. The van der Waals surface area contributed by atoms with Crippen LogP contribution in [0, 0.1) is 0 Å². The number of esters is 1. The molecule has 0 atom stereocenters. The number of carbonyl (C=O) groups excluding carboxylic acids is 1. The molecule has 1 rings (SSSR count). The molecule has 0 aliphatic carbocycles. The minimum absolute atomic E-state index is 0.0494. The first-order valence-electron chi connectivity index (χ1n) is 4.74. The number of pyridine rings is 1. The Morgan fingerprint density at radius 3 is 2.71 bits per heavy atom. The number of ether oxygens (including phenoxy) is 2. The summed E-state index contributed by atoms with van der Waals surface area (Å²) in [5.74, 6) is -1.98. The number of alkyl halides is 2. The molecular formula is C10H11F2NO4. The average Bonchev–Trinajstić information content (AvgIpc) is 2.28. The van der Waals surface area contributed by atoms with E-state index in [0.717, 1.165) is 13.3 Å². The number of nitrogens with zero attached hydrogens (tertiary/aromatic N) is 1.